The summed E-state index contributed by atoms with van der Waals surface area (Å²) in [6.07, 6.45) is 0. The fraction of sp³-hybridized carbons (Fsp3) is 0.0435. The molecule has 156 valence electrons. The lowest BCUT2D eigenvalue weighted by atomic mass is 9.90. The summed E-state index contributed by atoms with van der Waals surface area (Å²) in [5.74, 6) is -5.12. The Morgan fingerprint density at radius 1 is 0.548 bits per heavy atom. The Kier molecular flexibility index (Phi) is 5.56. The third-order valence-corrected chi connectivity index (χ3v) is 4.81. The van der Waals surface area contributed by atoms with E-state index in [-0.39, 0.29) is 22.3 Å². The van der Waals surface area contributed by atoms with E-state index in [9.17, 15) is 39.6 Å². The SMILES string of the molecule is Cc1c(-c2cc(C(=O)O)cc(C(=O)O)c2)cccc1-c1cc(C(=O)O)cc(C(=O)O)c1. The highest BCUT2D eigenvalue weighted by atomic mass is 16.4. The molecule has 0 aliphatic rings. The third kappa shape index (κ3) is 4.27. The smallest absolute Gasteiger partial charge is 0.335 e. The van der Waals surface area contributed by atoms with Crippen LogP contribution in [0.2, 0.25) is 0 Å². The first-order valence-corrected chi connectivity index (χ1v) is 8.92. The van der Waals surface area contributed by atoms with Crippen molar-refractivity contribution in [2.24, 2.45) is 0 Å². The molecule has 0 heterocycles. The Labute approximate surface area is 175 Å². The predicted molar refractivity (Wildman–Crippen MR) is 110 cm³/mol. The molecule has 0 atom stereocenters. The van der Waals surface area contributed by atoms with Crippen LogP contribution in [0.25, 0.3) is 22.3 Å². The van der Waals surface area contributed by atoms with Crippen LogP contribution in [0.4, 0.5) is 0 Å². The van der Waals surface area contributed by atoms with Gasteiger partial charge in [-0.2, -0.15) is 0 Å². The minimum atomic E-state index is -1.28. The van der Waals surface area contributed by atoms with Crippen molar-refractivity contribution in [1.29, 1.82) is 0 Å². The van der Waals surface area contributed by atoms with Gasteiger partial charge in [-0.25, -0.2) is 19.2 Å². The second kappa shape index (κ2) is 8.11. The zero-order valence-corrected chi connectivity index (χ0v) is 16.1. The fourth-order valence-corrected chi connectivity index (χ4v) is 3.32. The first-order valence-electron chi connectivity index (χ1n) is 8.92. The van der Waals surface area contributed by atoms with E-state index < -0.39 is 23.9 Å². The van der Waals surface area contributed by atoms with Gasteiger partial charge in [-0.15, -0.1) is 0 Å². The number of carboxylic acid groups (broad SMARTS) is 4. The Morgan fingerprint density at radius 2 is 0.839 bits per heavy atom. The molecule has 3 aromatic rings. The molecule has 0 saturated carbocycles. The summed E-state index contributed by atoms with van der Waals surface area (Å²) in [4.78, 5) is 45.7. The molecule has 4 N–H and O–H groups in total. The van der Waals surface area contributed by atoms with Crippen molar-refractivity contribution < 1.29 is 39.6 Å². The summed E-state index contributed by atoms with van der Waals surface area (Å²) >= 11 is 0. The van der Waals surface area contributed by atoms with Gasteiger partial charge in [0, 0.05) is 0 Å². The summed E-state index contributed by atoms with van der Waals surface area (Å²) in [7, 11) is 0. The third-order valence-electron chi connectivity index (χ3n) is 4.81. The van der Waals surface area contributed by atoms with Gasteiger partial charge >= 0.3 is 23.9 Å². The Morgan fingerprint density at radius 3 is 1.10 bits per heavy atom. The van der Waals surface area contributed by atoms with Crippen LogP contribution >= 0.6 is 0 Å². The minimum absolute atomic E-state index is 0.194. The fourth-order valence-electron chi connectivity index (χ4n) is 3.32. The lowest BCUT2D eigenvalue weighted by Crippen LogP contribution is -2.04. The van der Waals surface area contributed by atoms with E-state index in [2.05, 4.69) is 0 Å². The Balaban J connectivity index is 2.25. The summed E-state index contributed by atoms with van der Waals surface area (Å²) < 4.78 is 0. The lowest BCUT2D eigenvalue weighted by Gasteiger charge is -2.14. The van der Waals surface area contributed by atoms with E-state index in [0.717, 1.165) is 12.1 Å². The van der Waals surface area contributed by atoms with Crippen LogP contribution in [0, 0.1) is 6.92 Å². The van der Waals surface area contributed by atoms with Gasteiger partial charge in [0.05, 0.1) is 22.3 Å². The first-order chi connectivity index (χ1) is 14.6. The average Bonchev–Trinajstić information content (AvgIpc) is 2.73. The van der Waals surface area contributed by atoms with Crippen LogP contribution < -0.4 is 0 Å². The lowest BCUT2D eigenvalue weighted by molar-refractivity contribution is 0.0676. The van der Waals surface area contributed by atoms with Crippen molar-refractivity contribution in [3.05, 3.63) is 82.4 Å². The molecular weight excluding hydrogens is 404 g/mol. The summed E-state index contributed by atoms with van der Waals surface area (Å²) in [5.41, 5.74) is 1.58. The Bertz CT molecular complexity index is 1100. The minimum Gasteiger partial charge on any atom is -0.478 e. The van der Waals surface area contributed by atoms with Gasteiger partial charge in [0.1, 0.15) is 0 Å². The zero-order chi connectivity index (χ0) is 22.9. The topological polar surface area (TPSA) is 149 Å². The molecule has 31 heavy (non-hydrogen) atoms. The van der Waals surface area contributed by atoms with Crippen LogP contribution in [0.15, 0.2) is 54.6 Å². The molecule has 0 aliphatic carbocycles. The molecule has 0 unspecified atom stereocenters. The van der Waals surface area contributed by atoms with Crippen molar-refractivity contribution >= 4 is 23.9 Å². The molecular formula is C23H16O8. The maximum atomic E-state index is 11.4. The second-order valence-corrected chi connectivity index (χ2v) is 6.80. The first kappa shape index (κ1) is 21.3. The Hall–Kier alpha value is -4.46. The van der Waals surface area contributed by atoms with Crippen LogP contribution in [0.3, 0.4) is 0 Å². The van der Waals surface area contributed by atoms with Gasteiger partial charge in [-0.1, -0.05) is 18.2 Å². The highest BCUT2D eigenvalue weighted by Gasteiger charge is 2.17. The molecule has 8 heteroatoms. The van der Waals surface area contributed by atoms with E-state index in [1.54, 1.807) is 25.1 Å². The van der Waals surface area contributed by atoms with Crippen LogP contribution in [0.5, 0.6) is 0 Å². The number of benzene rings is 3. The van der Waals surface area contributed by atoms with Crippen molar-refractivity contribution in [3.8, 4) is 22.3 Å². The molecule has 3 rings (SSSR count). The molecule has 0 spiro atoms. The monoisotopic (exact) mass is 420 g/mol. The maximum Gasteiger partial charge on any atom is 0.335 e. The van der Waals surface area contributed by atoms with Gasteiger partial charge in [0.2, 0.25) is 0 Å². The average molecular weight is 420 g/mol. The van der Waals surface area contributed by atoms with Gasteiger partial charge in [-0.05, 0) is 71.1 Å². The van der Waals surface area contributed by atoms with E-state index in [1.165, 1.54) is 24.3 Å². The number of aromatic carboxylic acids is 4. The van der Waals surface area contributed by atoms with Crippen molar-refractivity contribution in [2.45, 2.75) is 6.92 Å². The van der Waals surface area contributed by atoms with Crippen LogP contribution in [-0.2, 0) is 0 Å². The van der Waals surface area contributed by atoms with Gasteiger partial charge in [0.25, 0.3) is 0 Å². The van der Waals surface area contributed by atoms with E-state index in [1.807, 2.05) is 0 Å². The van der Waals surface area contributed by atoms with Gasteiger partial charge in [-0.3, -0.25) is 0 Å². The molecule has 0 aliphatic heterocycles. The highest BCUT2D eigenvalue weighted by Crippen LogP contribution is 2.34. The van der Waals surface area contributed by atoms with E-state index in [0.29, 0.717) is 27.8 Å². The van der Waals surface area contributed by atoms with Crippen LogP contribution in [-0.4, -0.2) is 44.3 Å². The van der Waals surface area contributed by atoms with E-state index >= 15 is 0 Å². The number of hydrogen-bond acceptors (Lipinski definition) is 4. The molecule has 3 aromatic carbocycles. The van der Waals surface area contributed by atoms with Crippen molar-refractivity contribution in [2.75, 3.05) is 0 Å². The molecule has 0 amide bonds. The maximum absolute atomic E-state index is 11.4. The zero-order valence-electron chi connectivity index (χ0n) is 16.1. The van der Waals surface area contributed by atoms with Gasteiger partial charge in [0.15, 0.2) is 0 Å². The van der Waals surface area contributed by atoms with Crippen molar-refractivity contribution in [1.82, 2.24) is 0 Å². The van der Waals surface area contributed by atoms with Crippen LogP contribution in [0.1, 0.15) is 47.0 Å². The summed E-state index contributed by atoms with van der Waals surface area (Å²) in [6.45, 7) is 1.70. The van der Waals surface area contributed by atoms with Gasteiger partial charge < -0.3 is 20.4 Å². The normalized spacial score (nSPS) is 10.5. The number of carboxylic acids is 4. The molecule has 0 saturated heterocycles. The quantitative estimate of drug-likeness (QED) is 0.465. The summed E-state index contributed by atoms with van der Waals surface area (Å²) in [6, 6.07) is 12.5. The van der Waals surface area contributed by atoms with E-state index in [4.69, 9.17) is 0 Å². The largest absolute Gasteiger partial charge is 0.478 e. The molecule has 0 fully saturated rings. The number of hydrogen-bond donors (Lipinski definition) is 4. The summed E-state index contributed by atoms with van der Waals surface area (Å²) in [5, 5.41) is 37.3. The molecule has 0 radical (unpaired) electrons. The van der Waals surface area contributed by atoms with Crippen molar-refractivity contribution in [3.63, 3.8) is 0 Å². The molecule has 0 aromatic heterocycles. The molecule has 0 bridgehead atoms. The highest BCUT2D eigenvalue weighted by molar-refractivity contribution is 5.98. The second-order valence-electron chi connectivity index (χ2n) is 6.80. The number of rotatable bonds is 6. The predicted octanol–water partition coefficient (Wildman–Crippen LogP) is 4.12. The molecule has 8 nitrogen and oxygen atoms in total. The number of carbonyl (C=O) groups is 4. The standard InChI is InChI=1S/C23H16O8/c1-11-18(12-5-14(20(24)25)9-15(6-12)21(26)27)3-2-4-19(11)13-7-16(22(28)29)10-17(8-13)23(30)31/h2-10H,1H3,(H,24,25)(H,26,27)(H,28,29)(H,30,31).